The van der Waals surface area contributed by atoms with Crippen LogP contribution in [0.3, 0.4) is 0 Å². The topological polar surface area (TPSA) is 117 Å². The van der Waals surface area contributed by atoms with E-state index in [-0.39, 0.29) is 11.5 Å². The van der Waals surface area contributed by atoms with E-state index in [0.29, 0.717) is 0 Å². The number of nitrogens with zero attached hydrogens (tertiary/aromatic N) is 1. The Morgan fingerprint density at radius 1 is 1.50 bits per heavy atom. The SMILES string of the molecule is NC1=CNC(O)(O)N=C1N. The number of nitrogens with two attached hydrogens (primary N) is 2. The lowest BCUT2D eigenvalue weighted by Gasteiger charge is -2.21. The van der Waals surface area contributed by atoms with Crippen molar-refractivity contribution in [3.05, 3.63) is 11.9 Å². The first-order valence-corrected chi connectivity index (χ1v) is 2.55. The number of rotatable bonds is 0. The van der Waals surface area contributed by atoms with Crippen molar-refractivity contribution in [1.29, 1.82) is 0 Å². The number of amidine groups is 1. The van der Waals surface area contributed by atoms with Crippen LogP contribution in [0.25, 0.3) is 0 Å². The molecule has 10 heavy (non-hydrogen) atoms. The van der Waals surface area contributed by atoms with Crippen molar-refractivity contribution in [2.24, 2.45) is 16.5 Å². The average molecular weight is 144 g/mol. The highest BCUT2D eigenvalue weighted by Gasteiger charge is 2.24. The lowest BCUT2D eigenvalue weighted by molar-refractivity contribution is -0.169. The summed E-state index contributed by atoms with van der Waals surface area (Å²) in [6, 6.07) is -2.31. The zero-order valence-electron chi connectivity index (χ0n) is 5.07. The molecular formula is C4H8N4O2. The fourth-order valence-electron chi connectivity index (χ4n) is 0.513. The highest BCUT2D eigenvalue weighted by molar-refractivity contribution is 5.96. The largest absolute Gasteiger partial charge is 0.395 e. The zero-order valence-corrected chi connectivity index (χ0v) is 5.07. The van der Waals surface area contributed by atoms with Crippen molar-refractivity contribution in [2.75, 3.05) is 0 Å². The summed E-state index contributed by atoms with van der Waals surface area (Å²) in [5, 5.41) is 19.6. The number of aliphatic imine (C=N–C) groups is 1. The molecule has 0 aromatic carbocycles. The van der Waals surface area contributed by atoms with Gasteiger partial charge in [0, 0.05) is 6.20 Å². The van der Waals surface area contributed by atoms with E-state index in [1.165, 1.54) is 6.20 Å². The van der Waals surface area contributed by atoms with Crippen LogP contribution < -0.4 is 16.8 Å². The molecular weight excluding hydrogens is 136 g/mol. The van der Waals surface area contributed by atoms with Crippen molar-refractivity contribution in [3.63, 3.8) is 0 Å². The highest BCUT2D eigenvalue weighted by atomic mass is 16.5. The first kappa shape index (κ1) is 6.84. The van der Waals surface area contributed by atoms with E-state index in [9.17, 15) is 0 Å². The van der Waals surface area contributed by atoms with Gasteiger partial charge in [-0.2, -0.15) is 4.99 Å². The molecule has 0 saturated heterocycles. The fraction of sp³-hybridized carbons (Fsp3) is 0.250. The average Bonchev–Trinajstić information content (AvgIpc) is 1.79. The van der Waals surface area contributed by atoms with Crippen LogP contribution in [0.4, 0.5) is 0 Å². The summed E-state index contributed by atoms with van der Waals surface area (Å²) >= 11 is 0. The van der Waals surface area contributed by atoms with Gasteiger partial charge in [-0.1, -0.05) is 0 Å². The Morgan fingerprint density at radius 2 is 2.10 bits per heavy atom. The monoisotopic (exact) mass is 144 g/mol. The van der Waals surface area contributed by atoms with Gasteiger partial charge in [0.15, 0.2) is 5.84 Å². The van der Waals surface area contributed by atoms with Gasteiger partial charge in [-0.05, 0) is 0 Å². The fourth-order valence-corrected chi connectivity index (χ4v) is 0.513. The summed E-state index contributed by atoms with van der Waals surface area (Å²) < 4.78 is 0. The number of hydrogen-bond acceptors (Lipinski definition) is 6. The van der Waals surface area contributed by atoms with E-state index in [0.717, 1.165) is 0 Å². The number of nitrogens with one attached hydrogen (secondary N) is 1. The van der Waals surface area contributed by atoms with Crippen LogP contribution in [0.1, 0.15) is 0 Å². The molecule has 0 fully saturated rings. The molecule has 7 N–H and O–H groups in total. The number of aliphatic hydroxyl groups is 2. The van der Waals surface area contributed by atoms with Crippen LogP contribution in [0, 0.1) is 0 Å². The quantitative estimate of drug-likeness (QED) is 0.238. The molecule has 0 saturated carbocycles. The van der Waals surface area contributed by atoms with Crippen LogP contribution in [0.2, 0.25) is 0 Å². The number of hydrogen-bond donors (Lipinski definition) is 5. The standard InChI is InChI=1S/C4H8N4O2/c5-2-1-7-4(9,10)8-3(2)6/h1,7,9-10H,5H2,(H2,6,8). The summed E-state index contributed by atoms with van der Waals surface area (Å²) in [5.74, 6) is -0.0937. The third-order valence-electron chi connectivity index (χ3n) is 0.993. The molecule has 1 aliphatic rings. The maximum Gasteiger partial charge on any atom is 0.355 e. The lowest BCUT2D eigenvalue weighted by Crippen LogP contribution is -2.46. The molecule has 1 aliphatic heterocycles. The maximum absolute atomic E-state index is 8.74. The van der Waals surface area contributed by atoms with Gasteiger partial charge >= 0.3 is 6.03 Å². The molecule has 0 amide bonds. The van der Waals surface area contributed by atoms with E-state index in [1.807, 2.05) is 0 Å². The van der Waals surface area contributed by atoms with E-state index in [2.05, 4.69) is 10.3 Å². The van der Waals surface area contributed by atoms with E-state index >= 15 is 0 Å². The van der Waals surface area contributed by atoms with E-state index < -0.39 is 6.03 Å². The van der Waals surface area contributed by atoms with Gasteiger partial charge in [-0.15, -0.1) is 0 Å². The Morgan fingerprint density at radius 3 is 2.50 bits per heavy atom. The minimum atomic E-state index is -2.31. The molecule has 0 atom stereocenters. The predicted molar refractivity (Wildman–Crippen MR) is 34.2 cm³/mol. The second-order valence-electron chi connectivity index (χ2n) is 1.88. The minimum Gasteiger partial charge on any atom is -0.395 e. The Kier molecular flexibility index (Phi) is 1.27. The molecule has 0 aromatic rings. The molecule has 0 radical (unpaired) electrons. The molecule has 0 aromatic heterocycles. The third kappa shape index (κ3) is 1.17. The summed E-state index contributed by atoms with van der Waals surface area (Å²) in [7, 11) is 0. The van der Waals surface area contributed by atoms with E-state index in [4.69, 9.17) is 21.7 Å². The predicted octanol–water partition coefficient (Wildman–Crippen LogP) is -2.66. The summed E-state index contributed by atoms with van der Waals surface area (Å²) in [4.78, 5) is 3.20. The van der Waals surface area contributed by atoms with Crippen molar-refractivity contribution >= 4 is 5.84 Å². The molecule has 1 rings (SSSR count). The van der Waals surface area contributed by atoms with Gasteiger partial charge in [0.2, 0.25) is 0 Å². The van der Waals surface area contributed by atoms with Gasteiger partial charge in [0.25, 0.3) is 0 Å². The van der Waals surface area contributed by atoms with Gasteiger partial charge in [-0.25, -0.2) is 0 Å². The zero-order chi connectivity index (χ0) is 7.78. The van der Waals surface area contributed by atoms with Crippen LogP contribution in [-0.2, 0) is 0 Å². The van der Waals surface area contributed by atoms with Crippen LogP contribution in [0.5, 0.6) is 0 Å². The highest BCUT2D eigenvalue weighted by Crippen LogP contribution is 2.02. The van der Waals surface area contributed by atoms with Gasteiger partial charge in [0.05, 0.1) is 5.70 Å². The Hall–Kier alpha value is -1.27. The normalized spacial score (nSPS) is 22.6. The molecule has 1 heterocycles. The molecule has 0 bridgehead atoms. The van der Waals surface area contributed by atoms with Gasteiger partial charge in [0.1, 0.15) is 0 Å². The lowest BCUT2D eigenvalue weighted by atomic mass is 10.4. The molecule has 0 spiro atoms. The summed E-state index contributed by atoms with van der Waals surface area (Å²) in [6.45, 7) is 0. The van der Waals surface area contributed by atoms with E-state index in [1.54, 1.807) is 0 Å². The Balaban J connectivity index is 2.87. The third-order valence-corrected chi connectivity index (χ3v) is 0.993. The smallest absolute Gasteiger partial charge is 0.355 e. The maximum atomic E-state index is 8.74. The van der Waals surface area contributed by atoms with Crippen molar-refractivity contribution < 1.29 is 10.2 Å². The van der Waals surface area contributed by atoms with Crippen LogP contribution in [0.15, 0.2) is 16.9 Å². The second kappa shape index (κ2) is 1.86. The van der Waals surface area contributed by atoms with Crippen molar-refractivity contribution in [2.45, 2.75) is 6.03 Å². The molecule has 6 heteroatoms. The van der Waals surface area contributed by atoms with Crippen molar-refractivity contribution in [1.82, 2.24) is 5.32 Å². The second-order valence-corrected chi connectivity index (χ2v) is 1.88. The summed E-state index contributed by atoms with van der Waals surface area (Å²) in [6.07, 6.45) is 1.17. The molecule has 6 nitrogen and oxygen atoms in total. The summed E-state index contributed by atoms with van der Waals surface area (Å²) in [5.41, 5.74) is 10.5. The first-order valence-electron chi connectivity index (χ1n) is 2.55. The minimum absolute atomic E-state index is 0.0937. The Labute approximate surface area is 56.9 Å². The van der Waals surface area contributed by atoms with Crippen LogP contribution in [-0.4, -0.2) is 22.1 Å². The van der Waals surface area contributed by atoms with Crippen molar-refractivity contribution in [3.8, 4) is 0 Å². The van der Waals surface area contributed by atoms with Crippen LogP contribution >= 0.6 is 0 Å². The van der Waals surface area contributed by atoms with Gasteiger partial charge < -0.3 is 27.0 Å². The molecule has 56 valence electrons. The molecule has 0 aliphatic carbocycles. The first-order chi connectivity index (χ1) is 4.51. The molecule has 0 unspecified atom stereocenters. The Bertz CT molecular complexity index is 207. The van der Waals surface area contributed by atoms with Gasteiger partial charge in [-0.3, -0.25) is 0 Å².